The Morgan fingerprint density at radius 2 is 1.76 bits per heavy atom. The van der Waals surface area contributed by atoms with Gasteiger partial charge in [-0.15, -0.1) is 4.40 Å². The van der Waals surface area contributed by atoms with Gasteiger partial charge in [-0.05, 0) is 30.2 Å². The molecule has 0 amide bonds. The SMILES string of the molecule is Nc1ccccc1CCN1C=NS(=O)(=O)c2ccccc21. The maximum atomic E-state index is 11.9. The van der Waals surface area contributed by atoms with Gasteiger partial charge in [0.15, 0.2) is 0 Å². The largest absolute Gasteiger partial charge is 0.399 e. The first kappa shape index (κ1) is 13.6. The topological polar surface area (TPSA) is 75.8 Å². The smallest absolute Gasteiger partial charge is 0.285 e. The summed E-state index contributed by atoms with van der Waals surface area (Å²) in [4.78, 5) is 2.08. The standard InChI is InChI=1S/C15H15N3O2S/c16-13-6-2-1-5-12(13)9-10-18-11-17-21(19,20)15-8-4-3-7-14(15)18/h1-8,11H,9-10,16H2. The monoisotopic (exact) mass is 301 g/mol. The second kappa shape index (κ2) is 5.21. The lowest BCUT2D eigenvalue weighted by Crippen LogP contribution is -2.29. The van der Waals surface area contributed by atoms with E-state index in [0.717, 1.165) is 11.3 Å². The summed E-state index contributed by atoms with van der Waals surface area (Å²) in [6.45, 7) is 0.615. The summed E-state index contributed by atoms with van der Waals surface area (Å²) in [5.74, 6) is 0. The molecule has 6 heteroatoms. The van der Waals surface area contributed by atoms with Gasteiger partial charge in [-0.2, -0.15) is 8.42 Å². The molecule has 1 aliphatic heterocycles. The van der Waals surface area contributed by atoms with Crippen LogP contribution in [0.4, 0.5) is 11.4 Å². The van der Waals surface area contributed by atoms with E-state index >= 15 is 0 Å². The second-order valence-electron chi connectivity index (χ2n) is 4.81. The van der Waals surface area contributed by atoms with E-state index in [0.29, 0.717) is 18.7 Å². The van der Waals surface area contributed by atoms with Crippen LogP contribution in [-0.2, 0) is 16.4 Å². The zero-order valence-electron chi connectivity index (χ0n) is 11.3. The van der Waals surface area contributed by atoms with Gasteiger partial charge in [0.1, 0.15) is 11.2 Å². The number of hydrogen-bond acceptors (Lipinski definition) is 4. The molecule has 0 unspecified atom stereocenters. The number of nitrogen functional groups attached to an aromatic ring is 1. The van der Waals surface area contributed by atoms with Crippen LogP contribution >= 0.6 is 0 Å². The molecule has 0 saturated heterocycles. The Labute approximate surface area is 123 Å². The van der Waals surface area contributed by atoms with E-state index in [1.807, 2.05) is 35.2 Å². The van der Waals surface area contributed by atoms with Crippen LogP contribution in [0.25, 0.3) is 0 Å². The Bertz CT molecular complexity index is 800. The van der Waals surface area contributed by atoms with Crippen molar-refractivity contribution in [3.8, 4) is 0 Å². The number of rotatable bonds is 3. The average Bonchev–Trinajstić information content (AvgIpc) is 2.48. The van der Waals surface area contributed by atoms with E-state index in [4.69, 9.17) is 5.73 Å². The predicted molar refractivity (Wildman–Crippen MR) is 84.0 cm³/mol. The van der Waals surface area contributed by atoms with Crippen LogP contribution in [0.5, 0.6) is 0 Å². The van der Waals surface area contributed by atoms with Gasteiger partial charge in [0.2, 0.25) is 0 Å². The summed E-state index contributed by atoms with van der Waals surface area (Å²) < 4.78 is 27.5. The highest BCUT2D eigenvalue weighted by Gasteiger charge is 2.24. The first-order valence-electron chi connectivity index (χ1n) is 6.57. The molecule has 1 heterocycles. The van der Waals surface area contributed by atoms with E-state index in [-0.39, 0.29) is 4.90 Å². The Morgan fingerprint density at radius 1 is 1.05 bits per heavy atom. The van der Waals surface area contributed by atoms with Crippen LogP contribution in [0, 0.1) is 0 Å². The molecule has 0 aliphatic carbocycles. The maximum absolute atomic E-state index is 11.9. The van der Waals surface area contributed by atoms with Crippen molar-refractivity contribution < 1.29 is 8.42 Å². The molecule has 1 aliphatic rings. The van der Waals surface area contributed by atoms with Crippen LogP contribution in [0.3, 0.4) is 0 Å². The molecule has 0 aromatic heterocycles. The van der Waals surface area contributed by atoms with Crippen LogP contribution in [0.15, 0.2) is 57.8 Å². The fraction of sp³-hybridized carbons (Fsp3) is 0.133. The van der Waals surface area contributed by atoms with Crippen molar-refractivity contribution >= 4 is 27.7 Å². The van der Waals surface area contributed by atoms with Crippen LogP contribution in [-0.4, -0.2) is 21.3 Å². The normalized spacial score (nSPS) is 15.7. The van der Waals surface area contributed by atoms with Gasteiger partial charge in [0, 0.05) is 12.2 Å². The quantitative estimate of drug-likeness (QED) is 0.880. The minimum Gasteiger partial charge on any atom is -0.399 e. The van der Waals surface area contributed by atoms with Crippen molar-refractivity contribution in [1.82, 2.24) is 0 Å². The summed E-state index contributed by atoms with van der Waals surface area (Å²) in [7, 11) is -3.56. The zero-order valence-corrected chi connectivity index (χ0v) is 12.1. The fourth-order valence-electron chi connectivity index (χ4n) is 2.33. The second-order valence-corrected chi connectivity index (χ2v) is 6.41. The molecule has 0 radical (unpaired) electrons. The number of benzene rings is 2. The van der Waals surface area contributed by atoms with E-state index in [9.17, 15) is 8.42 Å². The Kier molecular flexibility index (Phi) is 3.39. The Morgan fingerprint density at radius 3 is 2.57 bits per heavy atom. The van der Waals surface area contributed by atoms with Gasteiger partial charge < -0.3 is 10.6 Å². The van der Waals surface area contributed by atoms with E-state index in [1.54, 1.807) is 18.2 Å². The molecule has 2 aromatic carbocycles. The molecule has 2 aromatic rings. The van der Waals surface area contributed by atoms with Gasteiger partial charge >= 0.3 is 0 Å². The maximum Gasteiger partial charge on any atom is 0.285 e. The fourth-order valence-corrected chi connectivity index (χ4v) is 3.38. The van der Waals surface area contributed by atoms with Crippen LogP contribution < -0.4 is 10.6 Å². The Balaban J connectivity index is 1.86. The number of para-hydroxylation sites is 2. The number of anilines is 2. The summed E-state index contributed by atoms with van der Waals surface area (Å²) in [6, 6.07) is 14.5. The predicted octanol–water partition coefficient (Wildman–Crippen LogP) is 2.05. The molecule has 3 rings (SSSR count). The van der Waals surface area contributed by atoms with Crippen molar-refractivity contribution in [2.24, 2.45) is 4.40 Å². The van der Waals surface area contributed by atoms with Gasteiger partial charge in [0.25, 0.3) is 10.0 Å². The van der Waals surface area contributed by atoms with Crippen LogP contribution in [0.2, 0.25) is 0 Å². The summed E-state index contributed by atoms with van der Waals surface area (Å²) >= 11 is 0. The minimum absolute atomic E-state index is 0.244. The minimum atomic E-state index is -3.56. The molecule has 0 spiro atoms. The van der Waals surface area contributed by atoms with E-state index < -0.39 is 10.0 Å². The highest BCUT2D eigenvalue weighted by molar-refractivity contribution is 7.90. The van der Waals surface area contributed by atoms with Crippen molar-refractivity contribution in [2.75, 3.05) is 17.2 Å². The molecule has 0 fully saturated rings. The first-order valence-corrected chi connectivity index (χ1v) is 8.01. The van der Waals surface area contributed by atoms with Crippen LogP contribution in [0.1, 0.15) is 5.56 Å². The first-order chi connectivity index (χ1) is 10.1. The lowest BCUT2D eigenvalue weighted by Gasteiger charge is -2.25. The molecule has 21 heavy (non-hydrogen) atoms. The molecular weight excluding hydrogens is 286 g/mol. The molecular formula is C15H15N3O2S. The lowest BCUT2D eigenvalue weighted by molar-refractivity contribution is 0.597. The number of hydrogen-bond donors (Lipinski definition) is 1. The number of nitrogens with zero attached hydrogens (tertiary/aromatic N) is 2. The highest BCUT2D eigenvalue weighted by atomic mass is 32.2. The van der Waals surface area contributed by atoms with E-state index in [2.05, 4.69) is 4.40 Å². The van der Waals surface area contributed by atoms with Gasteiger partial charge in [0.05, 0.1) is 5.69 Å². The van der Waals surface area contributed by atoms with Gasteiger partial charge in [-0.3, -0.25) is 0 Å². The molecule has 0 saturated carbocycles. The number of nitrogens with two attached hydrogens (primary N) is 1. The van der Waals surface area contributed by atoms with Crippen molar-refractivity contribution in [3.05, 3.63) is 54.1 Å². The third kappa shape index (κ3) is 2.62. The lowest BCUT2D eigenvalue weighted by atomic mass is 10.1. The third-order valence-electron chi connectivity index (χ3n) is 3.46. The van der Waals surface area contributed by atoms with Crippen molar-refractivity contribution in [2.45, 2.75) is 11.3 Å². The number of fused-ring (bicyclic) bond motifs is 1. The highest BCUT2D eigenvalue weighted by Crippen LogP contribution is 2.29. The molecule has 5 nitrogen and oxygen atoms in total. The van der Waals surface area contributed by atoms with Crippen molar-refractivity contribution in [1.29, 1.82) is 0 Å². The molecule has 0 atom stereocenters. The van der Waals surface area contributed by atoms with Crippen molar-refractivity contribution in [3.63, 3.8) is 0 Å². The molecule has 2 N–H and O–H groups in total. The summed E-state index contributed by atoms with van der Waals surface area (Å²) in [5, 5.41) is 0. The van der Waals surface area contributed by atoms with Gasteiger partial charge in [-0.1, -0.05) is 30.3 Å². The van der Waals surface area contributed by atoms with Gasteiger partial charge in [-0.25, -0.2) is 0 Å². The summed E-state index contributed by atoms with van der Waals surface area (Å²) in [6.07, 6.45) is 2.09. The zero-order chi connectivity index (χ0) is 14.9. The molecule has 108 valence electrons. The van der Waals surface area contributed by atoms with E-state index in [1.165, 1.54) is 6.34 Å². The number of sulfonamides is 1. The Hall–Kier alpha value is -2.34. The summed E-state index contributed by atoms with van der Waals surface area (Å²) in [5.41, 5.74) is 8.36. The third-order valence-corrected chi connectivity index (χ3v) is 4.73. The average molecular weight is 301 g/mol. The molecule has 0 bridgehead atoms.